The summed E-state index contributed by atoms with van der Waals surface area (Å²) in [6.07, 6.45) is 1.34. The van der Waals surface area contributed by atoms with Crippen molar-refractivity contribution in [2.75, 3.05) is 11.9 Å². The first-order valence-corrected chi connectivity index (χ1v) is 7.71. The Kier molecular flexibility index (Phi) is 6.05. The first-order chi connectivity index (χ1) is 11.1. The molecule has 122 valence electrons. The van der Waals surface area contributed by atoms with Crippen molar-refractivity contribution in [3.8, 4) is 0 Å². The number of benzene rings is 1. The second kappa shape index (κ2) is 8.24. The Balaban J connectivity index is 2.06. The van der Waals surface area contributed by atoms with Crippen molar-refractivity contribution >= 4 is 17.4 Å². The minimum Gasteiger partial charge on any atom is -0.396 e. The van der Waals surface area contributed by atoms with Gasteiger partial charge in [0, 0.05) is 23.9 Å². The number of carbonyl (C=O) groups excluding carboxylic acids is 1. The zero-order valence-electron chi connectivity index (χ0n) is 13.4. The summed E-state index contributed by atoms with van der Waals surface area (Å²) >= 11 is 0. The van der Waals surface area contributed by atoms with Gasteiger partial charge in [-0.15, -0.1) is 5.10 Å². The van der Waals surface area contributed by atoms with E-state index >= 15 is 0 Å². The van der Waals surface area contributed by atoms with Crippen LogP contribution in [-0.2, 0) is 0 Å². The monoisotopic (exact) mass is 314 g/mol. The van der Waals surface area contributed by atoms with Crippen molar-refractivity contribution in [3.63, 3.8) is 0 Å². The van der Waals surface area contributed by atoms with E-state index in [1.54, 1.807) is 12.1 Å². The van der Waals surface area contributed by atoms with E-state index in [0.29, 0.717) is 17.8 Å². The molecular formula is C17H22N4O2. The number of carbonyl (C=O) groups is 1. The fourth-order valence-electron chi connectivity index (χ4n) is 2.15. The van der Waals surface area contributed by atoms with Gasteiger partial charge in [0.25, 0.3) is 5.91 Å². The standard InChI is InChI=1S/C17H22N4O2/c1-3-14(9-10-22)19-17(23)13-5-4-6-15(11-13)18-16-8-7-12(2)20-21-16/h4-8,11,14,22H,3,9-10H2,1-2H3,(H,18,21)(H,19,23). The maximum absolute atomic E-state index is 12.3. The number of aryl methyl sites for hydroxylation is 1. The van der Waals surface area contributed by atoms with Crippen LogP contribution < -0.4 is 10.6 Å². The summed E-state index contributed by atoms with van der Waals surface area (Å²) in [6.45, 7) is 3.92. The molecule has 0 aliphatic heterocycles. The lowest BCUT2D eigenvalue weighted by atomic mass is 10.1. The lowest BCUT2D eigenvalue weighted by Gasteiger charge is -2.16. The van der Waals surface area contributed by atoms with Crippen LogP contribution >= 0.6 is 0 Å². The fraction of sp³-hybridized carbons (Fsp3) is 0.353. The van der Waals surface area contributed by atoms with Gasteiger partial charge >= 0.3 is 0 Å². The molecule has 0 saturated carbocycles. The number of rotatable bonds is 7. The molecule has 23 heavy (non-hydrogen) atoms. The van der Waals surface area contributed by atoms with Gasteiger partial charge < -0.3 is 15.7 Å². The van der Waals surface area contributed by atoms with Crippen LogP contribution in [0, 0.1) is 6.92 Å². The highest BCUT2D eigenvalue weighted by atomic mass is 16.3. The zero-order valence-corrected chi connectivity index (χ0v) is 13.4. The lowest BCUT2D eigenvalue weighted by molar-refractivity contribution is 0.0929. The highest BCUT2D eigenvalue weighted by Crippen LogP contribution is 2.16. The molecule has 0 aliphatic carbocycles. The van der Waals surface area contributed by atoms with Gasteiger partial charge in [-0.05, 0) is 50.1 Å². The van der Waals surface area contributed by atoms with Crippen molar-refractivity contribution in [1.82, 2.24) is 15.5 Å². The van der Waals surface area contributed by atoms with Crippen LogP contribution in [0.15, 0.2) is 36.4 Å². The van der Waals surface area contributed by atoms with Gasteiger partial charge in [0.15, 0.2) is 5.82 Å². The summed E-state index contributed by atoms with van der Waals surface area (Å²) in [6, 6.07) is 10.9. The normalized spacial score (nSPS) is 11.8. The number of amides is 1. The molecule has 6 nitrogen and oxygen atoms in total. The summed E-state index contributed by atoms with van der Waals surface area (Å²) in [4.78, 5) is 12.3. The highest BCUT2D eigenvalue weighted by molar-refractivity contribution is 5.95. The highest BCUT2D eigenvalue weighted by Gasteiger charge is 2.12. The third kappa shape index (κ3) is 5.03. The van der Waals surface area contributed by atoms with Crippen LogP contribution in [0.2, 0.25) is 0 Å². The van der Waals surface area contributed by atoms with E-state index < -0.39 is 0 Å². The Morgan fingerprint density at radius 1 is 1.26 bits per heavy atom. The summed E-state index contributed by atoms with van der Waals surface area (Å²) in [7, 11) is 0. The third-order valence-electron chi connectivity index (χ3n) is 3.50. The molecule has 1 unspecified atom stereocenters. The quantitative estimate of drug-likeness (QED) is 0.730. The zero-order chi connectivity index (χ0) is 16.7. The van der Waals surface area contributed by atoms with Gasteiger partial charge in [0.05, 0.1) is 5.69 Å². The molecule has 0 bridgehead atoms. The van der Waals surface area contributed by atoms with Gasteiger partial charge in [-0.3, -0.25) is 4.79 Å². The first-order valence-electron chi connectivity index (χ1n) is 7.71. The van der Waals surface area contributed by atoms with E-state index in [1.165, 1.54) is 0 Å². The van der Waals surface area contributed by atoms with E-state index in [1.807, 2.05) is 38.1 Å². The molecule has 1 aromatic heterocycles. The number of aliphatic hydroxyl groups is 1. The number of hydrogen-bond donors (Lipinski definition) is 3. The second-order valence-electron chi connectivity index (χ2n) is 5.36. The summed E-state index contributed by atoms with van der Waals surface area (Å²) < 4.78 is 0. The molecule has 0 radical (unpaired) electrons. The molecule has 1 amide bonds. The van der Waals surface area contributed by atoms with E-state index in [0.717, 1.165) is 17.8 Å². The smallest absolute Gasteiger partial charge is 0.251 e. The Labute approximate surface area is 136 Å². The third-order valence-corrected chi connectivity index (χ3v) is 3.50. The Morgan fingerprint density at radius 2 is 2.09 bits per heavy atom. The minimum atomic E-state index is -0.149. The van der Waals surface area contributed by atoms with Crippen LogP contribution in [0.1, 0.15) is 35.8 Å². The van der Waals surface area contributed by atoms with Crippen LogP contribution in [0.5, 0.6) is 0 Å². The molecule has 0 fully saturated rings. The van der Waals surface area contributed by atoms with Gasteiger partial charge in [-0.25, -0.2) is 0 Å². The van der Waals surface area contributed by atoms with Gasteiger partial charge in [0.1, 0.15) is 0 Å². The summed E-state index contributed by atoms with van der Waals surface area (Å²) in [5, 5.41) is 23.1. The van der Waals surface area contributed by atoms with Crippen molar-refractivity contribution in [1.29, 1.82) is 0 Å². The lowest BCUT2D eigenvalue weighted by Crippen LogP contribution is -2.35. The van der Waals surface area contributed by atoms with Gasteiger partial charge in [-0.1, -0.05) is 13.0 Å². The van der Waals surface area contributed by atoms with E-state index in [-0.39, 0.29) is 18.6 Å². The summed E-state index contributed by atoms with van der Waals surface area (Å²) in [5.74, 6) is 0.476. The summed E-state index contributed by atoms with van der Waals surface area (Å²) in [5.41, 5.74) is 2.18. The van der Waals surface area contributed by atoms with E-state index in [9.17, 15) is 4.79 Å². The first kappa shape index (κ1) is 16.9. The molecular weight excluding hydrogens is 292 g/mol. The largest absolute Gasteiger partial charge is 0.396 e. The van der Waals surface area contributed by atoms with Crippen LogP contribution in [0.4, 0.5) is 11.5 Å². The number of aromatic nitrogens is 2. The average molecular weight is 314 g/mol. The number of aliphatic hydroxyl groups excluding tert-OH is 1. The molecule has 3 N–H and O–H groups in total. The molecule has 2 rings (SSSR count). The molecule has 2 aromatic rings. The maximum atomic E-state index is 12.3. The van der Waals surface area contributed by atoms with Gasteiger partial charge in [0.2, 0.25) is 0 Å². The molecule has 6 heteroatoms. The molecule has 1 atom stereocenters. The fourth-order valence-corrected chi connectivity index (χ4v) is 2.15. The van der Waals surface area contributed by atoms with Crippen molar-refractivity contribution < 1.29 is 9.90 Å². The van der Waals surface area contributed by atoms with Gasteiger partial charge in [-0.2, -0.15) is 5.10 Å². The number of nitrogens with one attached hydrogen (secondary N) is 2. The minimum absolute atomic E-state index is 0.0212. The van der Waals surface area contributed by atoms with Crippen molar-refractivity contribution in [2.45, 2.75) is 32.7 Å². The predicted octanol–water partition coefficient (Wildman–Crippen LogP) is 2.42. The molecule has 0 saturated heterocycles. The number of nitrogens with zero attached hydrogens (tertiary/aromatic N) is 2. The Bertz CT molecular complexity index is 643. The predicted molar refractivity (Wildman–Crippen MR) is 89.7 cm³/mol. The topological polar surface area (TPSA) is 87.1 Å². The Hall–Kier alpha value is -2.47. The van der Waals surface area contributed by atoms with Crippen LogP contribution in [0.25, 0.3) is 0 Å². The van der Waals surface area contributed by atoms with E-state index in [2.05, 4.69) is 20.8 Å². The number of hydrogen-bond acceptors (Lipinski definition) is 5. The SMILES string of the molecule is CCC(CCO)NC(=O)c1cccc(Nc2ccc(C)nn2)c1. The molecule has 1 heterocycles. The van der Waals surface area contributed by atoms with Crippen molar-refractivity contribution in [2.24, 2.45) is 0 Å². The van der Waals surface area contributed by atoms with Crippen LogP contribution in [-0.4, -0.2) is 33.9 Å². The Morgan fingerprint density at radius 3 is 2.74 bits per heavy atom. The molecule has 0 aliphatic rings. The second-order valence-corrected chi connectivity index (χ2v) is 5.36. The molecule has 1 aromatic carbocycles. The van der Waals surface area contributed by atoms with Crippen LogP contribution in [0.3, 0.4) is 0 Å². The van der Waals surface area contributed by atoms with Crippen molar-refractivity contribution in [3.05, 3.63) is 47.7 Å². The molecule has 0 spiro atoms. The average Bonchev–Trinajstić information content (AvgIpc) is 2.56. The maximum Gasteiger partial charge on any atom is 0.251 e. The number of anilines is 2. The van der Waals surface area contributed by atoms with E-state index in [4.69, 9.17) is 5.11 Å².